The van der Waals surface area contributed by atoms with Crippen molar-refractivity contribution in [2.75, 3.05) is 20.1 Å². The largest absolute Gasteiger partial charge is 0.357 e. The molecule has 1 aromatic carbocycles. The number of imide groups is 1. The van der Waals surface area contributed by atoms with E-state index in [1.165, 1.54) is 9.13 Å². The molecule has 0 saturated carbocycles. The molecule has 9 heteroatoms. The Morgan fingerprint density at radius 3 is 2.78 bits per heavy atom. The highest BCUT2D eigenvalue weighted by molar-refractivity contribution is 6.00. The first kappa shape index (κ1) is 18.8. The van der Waals surface area contributed by atoms with E-state index in [0.29, 0.717) is 38.0 Å². The monoisotopic (exact) mass is 373 g/mol. The molecule has 1 aromatic heterocycles. The van der Waals surface area contributed by atoms with E-state index < -0.39 is 11.9 Å². The molecule has 1 unspecified atom stereocenters. The van der Waals surface area contributed by atoms with Gasteiger partial charge in [-0.1, -0.05) is 6.07 Å². The SMILES string of the molecule is CN(CCNC=O)Cc1ccc2c(c1)n(C)c(=O)n2C1CCC(=O)NC1=O. The smallest absolute Gasteiger partial charge is 0.329 e. The lowest BCUT2D eigenvalue weighted by Crippen LogP contribution is -2.44. The van der Waals surface area contributed by atoms with E-state index in [1.807, 2.05) is 25.2 Å². The van der Waals surface area contributed by atoms with Crippen LogP contribution in [0.15, 0.2) is 23.0 Å². The van der Waals surface area contributed by atoms with Gasteiger partial charge < -0.3 is 10.2 Å². The van der Waals surface area contributed by atoms with E-state index in [9.17, 15) is 19.2 Å². The number of hydrogen-bond donors (Lipinski definition) is 2. The Labute approximate surface area is 155 Å². The Morgan fingerprint density at radius 1 is 1.30 bits per heavy atom. The number of benzene rings is 1. The molecule has 1 fully saturated rings. The van der Waals surface area contributed by atoms with E-state index in [2.05, 4.69) is 15.5 Å². The van der Waals surface area contributed by atoms with Crippen LogP contribution >= 0.6 is 0 Å². The third-order valence-corrected chi connectivity index (χ3v) is 4.85. The van der Waals surface area contributed by atoms with Gasteiger partial charge in [-0.05, 0) is 31.2 Å². The van der Waals surface area contributed by atoms with Gasteiger partial charge in [-0.2, -0.15) is 0 Å². The van der Waals surface area contributed by atoms with Gasteiger partial charge in [0.1, 0.15) is 6.04 Å². The van der Waals surface area contributed by atoms with Crippen molar-refractivity contribution in [3.05, 3.63) is 34.2 Å². The summed E-state index contributed by atoms with van der Waals surface area (Å²) in [6, 6.07) is 5.02. The number of carbonyl (C=O) groups excluding carboxylic acids is 3. The molecule has 0 bridgehead atoms. The van der Waals surface area contributed by atoms with Crippen LogP contribution in [0.1, 0.15) is 24.4 Å². The zero-order valence-corrected chi connectivity index (χ0v) is 15.4. The summed E-state index contributed by atoms with van der Waals surface area (Å²) in [6.45, 7) is 1.92. The van der Waals surface area contributed by atoms with Gasteiger partial charge in [0, 0.05) is 33.1 Å². The van der Waals surface area contributed by atoms with E-state index in [0.717, 1.165) is 11.1 Å². The van der Waals surface area contributed by atoms with Crippen molar-refractivity contribution in [1.82, 2.24) is 24.7 Å². The van der Waals surface area contributed by atoms with Crippen molar-refractivity contribution >= 4 is 29.3 Å². The number of piperidine rings is 1. The molecule has 27 heavy (non-hydrogen) atoms. The Morgan fingerprint density at radius 2 is 2.07 bits per heavy atom. The number of hydrogen-bond acceptors (Lipinski definition) is 5. The molecule has 9 nitrogen and oxygen atoms in total. The van der Waals surface area contributed by atoms with Crippen molar-refractivity contribution in [2.45, 2.75) is 25.4 Å². The van der Waals surface area contributed by atoms with E-state index in [1.54, 1.807) is 7.05 Å². The maximum Gasteiger partial charge on any atom is 0.329 e. The molecule has 1 atom stereocenters. The molecular formula is C18H23N5O4. The topological polar surface area (TPSA) is 105 Å². The number of fused-ring (bicyclic) bond motifs is 1. The molecule has 1 aliphatic rings. The van der Waals surface area contributed by atoms with Gasteiger partial charge in [0.25, 0.3) is 0 Å². The molecule has 2 heterocycles. The second-order valence-corrected chi connectivity index (χ2v) is 6.81. The average Bonchev–Trinajstić information content (AvgIpc) is 2.87. The second-order valence-electron chi connectivity index (χ2n) is 6.81. The number of amides is 3. The van der Waals surface area contributed by atoms with E-state index >= 15 is 0 Å². The summed E-state index contributed by atoms with van der Waals surface area (Å²) < 4.78 is 3.00. The number of aryl methyl sites for hydroxylation is 1. The van der Waals surface area contributed by atoms with Crippen molar-refractivity contribution < 1.29 is 14.4 Å². The van der Waals surface area contributed by atoms with Crippen molar-refractivity contribution in [3.63, 3.8) is 0 Å². The first-order chi connectivity index (χ1) is 12.9. The summed E-state index contributed by atoms with van der Waals surface area (Å²) in [5.41, 5.74) is 2.15. The molecule has 1 aliphatic heterocycles. The quantitative estimate of drug-likeness (QED) is 0.387. The summed E-state index contributed by atoms with van der Waals surface area (Å²) in [6.07, 6.45) is 1.21. The van der Waals surface area contributed by atoms with Gasteiger partial charge in [-0.15, -0.1) is 0 Å². The number of likely N-dealkylation sites (N-methyl/N-ethyl adjacent to an activating group) is 1. The zero-order valence-electron chi connectivity index (χ0n) is 15.4. The van der Waals surface area contributed by atoms with Gasteiger partial charge in [-0.3, -0.25) is 28.8 Å². The van der Waals surface area contributed by atoms with E-state index in [-0.39, 0.29) is 18.0 Å². The molecule has 0 aliphatic carbocycles. The summed E-state index contributed by atoms with van der Waals surface area (Å²) in [5, 5.41) is 4.93. The van der Waals surface area contributed by atoms with Crippen LogP contribution in [0.3, 0.4) is 0 Å². The third kappa shape index (κ3) is 3.77. The molecule has 144 valence electrons. The Hall–Kier alpha value is -2.94. The van der Waals surface area contributed by atoms with Crippen molar-refractivity contribution in [2.24, 2.45) is 7.05 Å². The van der Waals surface area contributed by atoms with Crippen LogP contribution < -0.4 is 16.3 Å². The maximum absolute atomic E-state index is 12.7. The molecule has 0 spiro atoms. The minimum atomic E-state index is -0.679. The average molecular weight is 373 g/mol. The molecule has 1 saturated heterocycles. The van der Waals surface area contributed by atoms with Gasteiger partial charge in [0.15, 0.2) is 0 Å². The fraction of sp³-hybridized carbons (Fsp3) is 0.444. The summed E-state index contributed by atoms with van der Waals surface area (Å²) in [5.74, 6) is -0.744. The number of rotatable bonds is 7. The lowest BCUT2D eigenvalue weighted by Gasteiger charge is -2.22. The number of carbonyl (C=O) groups is 3. The third-order valence-electron chi connectivity index (χ3n) is 4.85. The lowest BCUT2D eigenvalue weighted by atomic mass is 10.1. The van der Waals surface area contributed by atoms with Gasteiger partial charge in [0.2, 0.25) is 18.2 Å². The Kier molecular flexibility index (Phi) is 5.41. The highest BCUT2D eigenvalue weighted by Crippen LogP contribution is 2.24. The standard InChI is InChI=1S/C18H23N5O4/c1-21(8-7-19-11-24)10-12-3-4-13-15(9-12)22(2)18(27)23(13)14-5-6-16(25)20-17(14)26/h3-4,9,11,14H,5-8,10H2,1-2H3,(H,19,24)(H,20,25,26). The van der Waals surface area contributed by atoms with Crippen LogP contribution in [0.5, 0.6) is 0 Å². The van der Waals surface area contributed by atoms with Crippen LogP contribution in [0.25, 0.3) is 11.0 Å². The normalized spacial score (nSPS) is 17.4. The Bertz CT molecular complexity index is 945. The first-order valence-corrected chi connectivity index (χ1v) is 8.81. The van der Waals surface area contributed by atoms with Crippen molar-refractivity contribution in [3.8, 4) is 0 Å². The molecule has 3 amide bonds. The summed E-state index contributed by atoms with van der Waals surface area (Å²) in [7, 11) is 3.62. The zero-order chi connectivity index (χ0) is 19.6. The van der Waals surface area contributed by atoms with Crippen molar-refractivity contribution in [1.29, 1.82) is 0 Å². The predicted octanol–water partition coefficient (Wildman–Crippen LogP) is -0.504. The minimum absolute atomic E-state index is 0.219. The maximum atomic E-state index is 12.7. The summed E-state index contributed by atoms with van der Waals surface area (Å²) >= 11 is 0. The number of aromatic nitrogens is 2. The number of nitrogens with zero attached hydrogens (tertiary/aromatic N) is 3. The minimum Gasteiger partial charge on any atom is -0.357 e. The lowest BCUT2D eigenvalue weighted by molar-refractivity contribution is -0.135. The molecule has 0 radical (unpaired) electrons. The molecule has 3 rings (SSSR count). The highest BCUT2D eigenvalue weighted by Gasteiger charge is 2.31. The van der Waals surface area contributed by atoms with E-state index in [4.69, 9.17) is 0 Å². The molecule has 2 N–H and O–H groups in total. The number of nitrogens with one attached hydrogen (secondary N) is 2. The van der Waals surface area contributed by atoms with Gasteiger partial charge >= 0.3 is 5.69 Å². The number of imidazole rings is 1. The predicted molar refractivity (Wildman–Crippen MR) is 99.0 cm³/mol. The van der Waals surface area contributed by atoms with Crippen LogP contribution in [0, 0.1) is 0 Å². The molecule has 2 aromatic rings. The van der Waals surface area contributed by atoms with Crippen LogP contribution in [0.4, 0.5) is 0 Å². The van der Waals surface area contributed by atoms with Gasteiger partial charge in [-0.25, -0.2) is 4.79 Å². The van der Waals surface area contributed by atoms with Crippen LogP contribution in [0.2, 0.25) is 0 Å². The fourth-order valence-electron chi connectivity index (χ4n) is 3.44. The Balaban J connectivity index is 1.89. The van der Waals surface area contributed by atoms with Crippen LogP contribution in [-0.2, 0) is 28.0 Å². The molecular weight excluding hydrogens is 350 g/mol. The first-order valence-electron chi connectivity index (χ1n) is 8.81. The summed E-state index contributed by atoms with van der Waals surface area (Å²) in [4.78, 5) is 48.7. The van der Waals surface area contributed by atoms with Gasteiger partial charge in [0.05, 0.1) is 11.0 Å². The van der Waals surface area contributed by atoms with Crippen LogP contribution in [-0.4, -0.2) is 52.4 Å². The second kappa shape index (κ2) is 7.75. The highest BCUT2D eigenvalue weighted by atomic mass is 16.2. The fourth-order valence-corrected chi connectivity index (χ4v) is 3.44.